The second kappa shape index (κ2) is 10.2. The fourth-order valence-electron chi connectivity index (χ4n) is 4.69. The van der Waals surface area contributed by atoms with Gasteiger partial charge in [0.1, 0.15) is 0 Å². The van der Waals surface area contributed by atoms with Crippen molar-refractivity contribution in [2.75, 3.05) is 19.6 Å². The van der Waals surface area contributed by atoms with Crippen LogP contribution in [0.2, 0.25) is 0 Å². The van der Waals surface area contributed by atoms with Gasteiger partial charge in [0, 0.05) is 70.3 Å². The minimum atomic E-state index is -0.133. The second-order valence-electron chi connectivity index (χ2n) is 9.02. The van der Waals surface area contributed by atoms with E-state index in [1.807, 2.05) is 43.1 Å². The van der Waals surface area contributed by atoms with E-state index >= 15 is 0 Å². The lowest BCUT2D eigenvalue weighted by molar-refractivity contribution is -0.134. The highest BCUT2D eigenvalue weighted by Gasteiger charge is 2.31. The highest BCUT2D eigenvalue weighted by Crippen LogP contribution is 2.25. The summed E-state index contributed by atoms with van der Waals surface area (Å²) in [6, 6.07) is 7.92. The van der Waals surface area contributed by atoms with Crippen LogP contribution in [0.3, 0.4) is 0 Å². The van der Waals surface area contributed by atoms with Gasteiger partial charge in [0.15, 0.2) is 5.69 Å². The predicted octanol–water partition coefficient (Wildman–Crippen LogP) is 2.34. The third-order valence-electron chi connectivity index (χ3n) is 6.74. The number of nitrogens with zero attached hydrogens (tertiary/aromatic N) is 4. The summed E-state index contributed by atoms with van der Waals surface area (Å²) < 4.78 is 1.79. The first-order valence-electron chi connectivity index (χ1n) is 11.9. The van der Waals surface area contributed by atoms with Crippen LogP contribution in [0.5, 0.6) is 0 Å². The van der Waals surface area contributed by atoms with Gasteiger partial charge < -0.3 is 15.1 Å². The molecule has 0 aliphatic carbocycles. The Labute approximate surface area is 194 Å². The fourth-order valence-corrected chi connectivity index (χ4v) is 4.69. The van der Waals surface area contributed by atoms with Gasteiger partial charge in [-0.05, 0) is 37.3 Å². The van der Waals surface area contributed by atoms with E-state index in [9.17, 15) is 14.4 Å². The van der Waals surface area contributed by atoms with Crippen molar-refractivity contribution >= 4 is 17.7 Å². The SMILES string of the molecule is Cc1ccccc1CNC(=O)CCC(=O)N1CCc2c(c(C(=O)N3CCCCC3)nn2C)C1. The summed E-state index contributed by atoms with van der Waals surface area (Å²) in [6.45, 7) is 4.97. The Balaban J connectivity index is 1.33. The van der Waals surface area contributed by atoms with Gasteiger partial charge in [0.05, 0.1) is 0 Å². The largest absolute Gasteiger partial charge is 0.352 e. The lowest BCUT2D eigenvalue weighted by Gasteiger charge is -2.29. The first kappa shape index (κ1) is 23.0. The van der Waals surface area contributed by atoms with Gasteiger partial charge in [-0.3, -0.25) is 19.1 Å². The van der Waals surface area contributed by atoms with Crippen molar-refractivity contribution in [3.63, 3.8) is 0 Å². The summed E-state index contributed by atoms with van der Waals surface area (Å²) in [5, 5.41) is 7.42. The summed E-state index contributed by atoms with van der Waals surface area (Å²) in [5.74, 6) is -0.227. The monoisotopic (exact) mass is 451 g/mol. The van der Waals surface area contributed by atoms with Crippen molar-refractivity contribution in [1.29, 1.82) is 0 Å². The second-order valence-corrected chi connectivity index (χ2v) is 9.02. The number of carbonyl (C=O) groups is 3. The van der Waals surface area contributed by atoms with Crippen LogP contribution in [0.25, 0.3) is 0 Å². The Morgan fingerprint density at radius 1 is 1.00 bits per heavy atom. The number of piperidine rings is 1. The van der Waals surface area contributed by atoms with E-state index in [1.165, 1.54) is 0 Å². The lowest BCUT2D eigenvalue weighted by atomic mass is 10.0. The number of aromatic nitrogens is 2. The van der Waals surface area contributed by atoms with Gasteiger partial charge in [-0.2, -0.15) is 5.10 Å². The van der Waals surface area contributed by atoms with Crippen LogP contribution in [-0.4, -0.2) is 56.9 Å². The first-order valence-corrected chi connectivity index (χ1v) is 11.9. The van der Waals surface area contributed by atoms with Crippen LogP contribution in [0, 0.1) is 6.92 Å². The van der Waals surface area contributed by atoms with Crippen molar-refractivity contribution in [2.45, 2.75) is 58.5 Å². The zero-order valence-electron chi connectivity index (χ0n) is 19.6. The molecule has 0 saturated carbocycles. The molecule has 33 heavy (non-hydrogen) atoms. The van der Waals surface area contributed by atoms with Crippen LogP contribution in [0.1, 0.15) is 65.0 Å². The molecule has 1 aromatic heterocycles. The normalized spacial score (nSPS) is 15.8. The average Bonchev–Trinajstić information content (AvgIpc) is 3.17. The molecule has 0 radical (unpaired) electrons. The van der Waals surface area contributed by atoms with Crippen molar-refractivity contribution in [1.82, 2.24) is 24.9 Å². The third-order valence-corrected chi connectivity index (χ3v) is 6.74. The zero-order valence-corrected chi connectivity index (χ0v) is 19.6. The van der Waals surface area contributed by atoms with Gasteiger partial charge in [-0.15, -0.1) is 0 Å². The van der Waals surface area contributed by atoms with E-state index in [2.05, 4.69) is 10.4 Å². The molecule has 1 saturated heterocycles. The quantitative estimate of drug-likeness (QED) is 0.730. The molecule has 2 aliphatic rings. The molecule has 1 fully saturated rings. The molecule has 3 heterocycles. The number of hydrogen-bond acceptors (Lipinski definition) is 4. The molecule has 0 spiro atoms. The Morgan fingerprint density at radius 2 is 1.76 bits per heavy atom. The Morgan fingerprint density at radius 3 is 2.52 bits per heavy atom. The molecule has 8 nitrogen and oxygen atoms in total. The van der Waals surface area contributed by atoms with Crippen LogP contribution in [-0.2, 0) is 36.1 Å². The number of amides is 3. The van der Waals surface area contributed by atoms with E-state index in [-0.39, 0.29) is 30.6 Å². The number of fused-ring (bicyclic) bond motifs is 1. The highest BCUT2D eigenvalue weighted by atomic mass is 16.2. The maximum absolute atomic E-state index is 13.1. The van der Waals surface area contributed by atoms with Crippen molar-refractivity contribution in [3.8, 4) is 0 Å². The van der Waals surface area contributed by atoms with E-state index < -0.39 is 0 Å². The summed E-state index contributed by atoms with van der Waals surface area (Å²) in [7, 11) is 1.86. The van der Waals surface area contributed by atoms with E-state index in [4.69, 9.17) is 0 Å². The topological polar surface area (TPSA) is 87.5 Å². The van der Waals surface area contributed by atoms with Crippen molar-refractivity contribution < 1.29 is 14.4 Å². The summed E-state index contributed by atoms with van der Waals surface area (Å²) >= 11 is 0. The van der Waals surface area contributed by atoms with Gasteiger partial charge in [0.2, 0.25) is 11.8 Å². The molecule has 1 aromatic carbocycles. The minimum Gasteiger partial charge on any atom is -0.352 e. The molecule has 1 N–H and O–H groups in total. The number of rotatable bonds is 6. The van der Waals surface area contributed by atoms with Gasteiger partial charge >= 0.3 is 0 Å². The van der Waals surface area contributed by atoms with E-state index in [0.29, 0.717) is 31.7 Å². The molecule has 0 atom stereocenters. The van der Waals surface area contributed by atoms with E-state index in [1.54, 1.807) is 9.58 Å². The summed E-state index contributed by atoms with van der Waals surface area (Å²) in [4.78, 5) is 41.9. The summed E-state index contributed by atoms with van der Waals surface area (Å²) in [6.07, 6.45) is 4.18. The molecular weight excluding hydrogens is 418 g/mol. The number of benzene rings is 1. The van der Waals surface area contributed by atoms with Crippen LogP contribution < -0.4 is 5.32 Å². The Kier molecular flexibility index (Phi) is 7.11. The fraction of sp³-hybridized carbons (Fsp3) is 0.520. The van der Waals surface area contributed by atoms with Gasteiger partial charge in [-0.25, -0.2) is 0 Å². The van der Waals surface area contributed by atoms with E-state index in [0.717, 1.165) is 54.7 Å². The van der Waals surface area contributed by atoms with Crippen LogP contribution >= 0.6 is 0 Å². The summed E-state index contributed by atoms with van der Waals surface area (Å²) in [5.41, 5.74) is 4.56. The number of carbonyl (C=O) groups excluding carboxylic acids is 3. The average molecular weight is 452 g/mol. The standard InChI is InChI=1S/C25H33N5O3/c1-18-8-4-5-9-19(18)16-26-22(31)10-11-23(32)30-15-12-21-20(17-30)24(27-28(21)2)25(33)29-13-6-3-7-14-29/h4-5,8-9H,3,6-7,10-17H2,1-2H3,(H,26,31). The molecule has 2 aliphatic heterocycles. The minimum absolute atomic E-state index is 0.0311. The number of aryl methyl sites for hydroxylation is 2. The Bertz CT molecular complexity index is 1040. The molecule has 0 unspecified atom stereocenters. The van der Waals surface area contributed by atoms with Crippen molar-refractivity contribution in [2.24, 2.45) is 7.05 Å². The smallest absolute Gasteiger partial charge is 0.274 e. The molecule has 176 valence electrons. The first-order chi connectivity index (χ1) is 15.9. The maximum Gasteiger partial charge on any atom is 0.274 e. The van der Waals surface area contributed by atoms with Crippen molar-refractivity contribution in [3.05, 3.63) is 52.3 Å². The third kappa shape index (κ3) is 5.26. The molecule has 4 rings (SSSR count). The molecule has 8 heteroatoms. The molecule has 0 bridgehead atoms. The number of hydrogen-bond donors (Lipinski definition) is 1. The van der Waals surface area contributed by atoms with Crippen LogP contribution in [0.4, 0.5) is 0 Å². The van der Waals surface area contributed by atoms with Gasteiger partial charge in [0.25, 0.3) is 5.91 Å². The number of nitrogens with one attached hydrogen (secondary N) is 1. The molecular formula is C25H33N5O3. The zero-order chi connectivity index (χ0) is 23.4. The molecule has 2 aromatic rings. The number of likely N-dealkylation sites (tertiary alicyclic amines) is 1. The van der Waals surface area contributed by atoms with Gasteiger partial charge in [-0.1, -0.05) is 24.3 Å². The highest BCUT2D eigenvalue weighted by molar-refractivity contribution is 5.94. The Hall–Kier alpha value is -3.16. The molecule has 3 amide bonds. The maximum atomic E-state index is 13.1. The predicted molar refractivity (Wildman–Crippen MR) is 124 cm³/mol. The lowest BCUT2D eigenvalue weighted by Crippen LogP contribution is -2.39. The van der Waals surface area contributed by atoms with Crippen LogP contribution in [0.15, 0.2) is 24.3 Å².